The Bertz CT molecular complexity index is 3030. The maximum absolute atomic E-state index is 12.6. The molecule has 2 unspecified atom stereocenters. The van der Waals surface area contributed by atoms with E-state index in [0.717, 1.165) is 44.9 Å². The Morgan fingerprint density at radius 2 is 0.649 bits per heavy atom. The molecule has 10 rings (SSSR count). The Labute approximate surface area is 475 Å². The second-order valence-electron chi connectivity index (χ2n) is 23.3. The van der Waals surface area contributed by atoms with Gasteiger partial charge in [-0.05, 0) is 0 Å². The fourth-order valence-electron chi connectivity index (χ4n) is 11.2. The molecular formula is C72H82O2S2Zr-2. The molecule has 0 spiro atoms. The molecule has 8 aromatic rings. The van der Waals surface area contributed by atoms with Gasteiger partial charge in [-0.2, -0.15) is 49.2 Å². The number of rotatable bonds is 12. The molecule has 1 saturated carbocycles. The van der Waals surface area contributed by atoms with E-state index in [4.69, 9.17) is 0 Å². The molecule has 0 radical (unpaired) electrons. The van der Waals surface area contributed by atoms with Gasteiger partial charge in [0.05, 0.1) is 0 Å². The number of hydrogen-bond acceptors (Lipinski definition) is 2. The summed E-state index contributed by atoms with van der Waals surface area (Å²) in [5.41, 5.74) is 12.8. The second kappa shape index (κ2) is 25.6. The predicted octanol–water partition coefficient (Wildman–Crippen LogP) is 19.4. The molecule has 1 aliphatic carbocycles. The molecule has 2 nitrogen and oxygen atoms in total. The zero-order valence-corrected chi connectivity index (χ0v) is 51.2. The Hall–Kier alpha value is -5.32. The molecule has 2 aliphatic rings. The predicted molar refractivity (Wildman–Crippen MR) is 330 cm³/mol. The Kier molecular flexibility index (Phi) is 19.3. The van der Waals surface area contributed by atoms with Crippen molar-refractivity contribution >= 4 is 14.2 Å². The summed E-state index contributed by atoms with van der Waals surface area (Å²) in [7, 11) is 0.486. The van der Waals surface area contributed by atoms with Gasteiger partial charge in [-0.25, -0.2) is 0 Å². The van der Waals surface area contributed by atoms with Crippen LogP contribution in [0, 0.1) is 13.8 Å². The van der Waals surface area contributed by atoms with Crippen molar-refractivity contribution in [2.45, 2.75) is 138 Å². The minimum absolute atomic E-state index is 0.238. The zero-order chi connectivity index (χ0) is 54.8. The molecule has 8 aromatic carbocycles. The molecular weight excluding hydrogens is 1050 g/mol. The van der Waals surface area contributed by atoms with E-state index < -0.39 is 19.2 Å². The molecule has 5 heteroatoms. The summed E-state index contributed by atoms with van der Waals surface area (Å²) in [6, 6.07) is 72.5. The van der Waals surface area contributed by atoms with E-state index in [-0.39, 0.29) is 35.9 Å². The largest absolute Gasteiger partial charge is 0.199 e. The van der Waals surface area contributed by atoms with Crippen LogP contribution in [0.15, 0.2) is 206 Å². The molecule has 1 fully saturated rings. The first-order chi connectivity index (χ1) is 36.9. The molecule has 0 amide bonds. The second-order valence-corrected chi connectivity index (χ2v) is 38.9. The van der Waals surface area contributed by atoms with Crippen molar-refractivity contribution in [3.8, 4) is 11.5 Å². The molecule has 400 valence electrons. The van der Waals surface area contributed by atoms with Crippen LogP contribution in [-0.2, 0) is 52.3 Å². The van der Waals surface area contributed by atoms with Crippen molar-refractivity contribution in [3.63, 3.8) is 0 Å². The fourth-order valence-corrected chi connectivity index (χ4v) is 40.1. The number of aromatic hydroxyl groups is 2. The summed E-state index contributed by atoms with van der Waals surface area (Å²) in [5.74, 6) is 2.94. The third-order valence-electron chi connectivity index (χ3n) is 16.5. The van der Waals surface area contributed by atoms with Crippen LogP contribution in [0.2, 0.25) is 0 Å². The van der Waals surface area contributed by atoms with Crippen molar-refractivity contribution in [3.05, 3.63) is 287 Å². The zero-order valence-electron chi connectivity index (χ0n) is 47.1. The van der Waals surface area contributed by atoms with Crippen molar-refractivity contribution in [2.24, 2.45) is 0 Å². The average molecular weight is 1130 g/mol. The summed E-state index contributed by atoms with van der Waals surface area (Å²) >= 11 is -1.01. The van der Waals surface area contributed by atoms with Gasteiger partial charge in [0.1, 0.15) is 0 Å². The van der Waals surface area contributed by atoms with E-state index >= 15 is 0 Å². The van der Waals surface area contributed by atoms with Crippen LogP contribution in [0.1, 0.15) is 161 Å². The number of fused-ring (bicyclic) bond motifs is 1. The first-order valence-electron chi connectivity index (χ1n) is 27.7. The van der Waals surface area contributed by atoms with Gasteiger partial charge in [0, 0.05) is 0 Å². The van der Waals surface area contributed by atoms with E-state index in [9.17, 15) is 10.2 Å². The number of benzene rings is 8. The monoisotopic (exact) mass is 1130 g/mol. The number of phenolic OH excluding ortho intramolecular Hbond substituents is 2. The normalized spacial score (nSPS) is 17.6. The molecule has 0 saturated heterocycles. The quantitative estimate of drug-likeness (QED) is 0.120. The van der Waals surface area contributed by atoms with Crippen molar-refractivity contribution in [1.82, 2.24) is 0 Å². The summed E-state index contributed by atoms with van der Waals surface area (Å²) in [4.78, 5) is 0. The molecule has 0 bridgehead atoms. The van der Waals surface area contributed by atoms with Crippen molar-refractivity contribution in [2.75, 3.05) is 0 Å². The van der Waals surface area contributed by atoms with Gasteiger partial charge < -0.3 is 0 Å². The molecule has 4 atom stereocenters. The van der Waals surface area contributed by atoms with Gasteiger partial charge in [0.15, 0.2) is 0 Å². The number of phenols is 2. The van der Waals surface area contributed by atoms with Gasteiger partial charge >= 0.3 is 394 Å². The molecule has 1 heterocycles. The fraction of sp³-hybridized carbons (Fsp3) is 0.306. The van der Waals surface area contributed by atoms with Gasteiger partial charge in [-0.3, -0.25) is 0 Å². The smallest absolute Gasteiger partial charge is 0.0866 e. The average Bonchev–Trinajstić information content (AvgIpc) is 3.76. The maximum Gasteiger partial charge on any atom is -0.0866 e. The standard InChI is InChI=1S/C58H68O2S2.2C7H7.Zr/c1-55(2,43-25-15-11-16-26-43)47-35-41(53(59)49(37-47)57(5,6)45-29-19-13-20-30-45)39-61-51-33-23-9-10-24-34-52(51)62-40-42-36-48(56(3,4)44-27-17-12-18-28-44)38-50(54(42)60)58(7,8)46-31-21-14-22-32-46;2*1-7-5-3-2-4-6-7;/h11-22,25-32,35-38,51-52,59-60H,9-10,23-24,33-34,39-40H2,1-8H3;2*2-6H,1H2;/q;2*-1;/t51-,52?;;;/m0.../s1. The Morgan fingerprint density at radius 3 is 0.922 bits per heavy atom. The van der Waals surface area contributed by atoms with Crippen LogP contribution in [-0.4, -0.2) is 20.7 Å². The van der Waals surface area contributed by atoms with Crippen LogP contribution in [0.5, 0.6) is 11.5 Å². The first-order valence-corrected chi connectivity index (χ1v) is 36.7. The Morgan fingerprint density at radius 1 is 0.377 bits per heavy atom. The van der Waals surface area contributed by atoms with Crippen LogP contribution in [0.3, 0.4) is 0 Å². The summed E-state index contributed by atoms with van der Waals surface area (Å²) in [6.45, 7) is 26.0. The van der Waals surface area contributed by atoms with Gasteiger partial charge in [0.25, 0.3) is 0 Å². The third-order valence-corrected chi connectivity index (χ3v) is 38.3. The van der Waals surface area contributed by atoms with Gasteiger partial charge in [0.2, 0.25) is 0 Å². The minimum atomic E-state index is -1.01. The van der Waals surface area contributed by atoms with E-state index in [1.54, 1.807) is 0 Å². The van der Waals surface area contributed by atoms with Crippen LogP contribution in [0.25, 0.3) is 0 Å². The van der Waals surface area contributed by atoms with Gasteiger partial charge in [-0.1, -0.05) is 12.1 Å². The molecule has 77 heavy (non-hydrogen) atoms. The maximum atomic E-state index is 12.6. The summed E-state index contributed by atoms with van der Waals surface area (Å²) in [6.07, 6.45) is 7.88. The van der Waals surface area contributed by atoms with E-state index in [1.807, 2.05) is 60.7 Å². The minimum Gasteiger partial charge on any atom is -0.199 e. The van der Waals surface area contributed by atoms with E-state index in [1.165, 1.54) is 71.9 Å². The van der Waals surface area contributed by atoms with Crippen LogP contribution < -0.4 is 0 Å². The van der Waals surface area contributed by atoms with Crippen LogP contribution >= 0.6 is 14.2 Å². The summed E-state index contributed by atoms with van der Waals surface area (Å²) in [5, 5.41) is 26.7. The molecule has 0 aromatic heterocycles. The van der Waals surface area contributed by atoms with E-state index in [2.05, 4.69) is 215 Å². The van der Waals surface area contributed by atoms with Crippen molar-refractivity contribution < 1.29 is 29.4 Å². The van der Waals surface area contributed by atoms with Crippen molar-refractivity contribution in [1.29, 1.82) is 0 Å². The Balaban J connectivity index is 0.000000485. The third kappa shape index (κ3) is 13.8. The number of hydrogen-bond donors (Lipinski definition) is 2. The van der Waals surface area contributed by atoms with E-state index in [0.29, 0.717) is 22.0 Å². The first kappa shape index (κ1) is 57.8. The molecule has 2 N–H and O–H groups in total. The topological polar surface area (TPSA) is 40.5 Å². The van der Waals surface area contributed by atoms with Crippen LogP contribution in [0.4, 0.5) is 0 Å². The summed E-state index contributed by atoms with van der Waals surface area (Å²) < 4.78 is 0. The SMILES string of the molecule is CC(C)(c1ccccc1)c1cc(C[S]2=[Zr]=[S@@](Cc3cc(C(C)(C)c4ccccc4)cc(C(C)(C)c4ccccc4)c3O)C3CCCCCC[C@@H]32)c(O)c(C(C)(C)c2ccccc2)c1.[CH2-]c1ccccc1.[CH2-]c1ccccc1. The molecule has 1 aliphatic heterocycles. The van der Waals surface area contributed by atoms with Gasteiger partial charge in [-0.15, -0.1) is 24.3 Å².